The number of nitrogens with one attached hydrogen (secondary N) is 2. The molecule has 1 aliphatic rings. The number of carbonyl (C=O) groups excluding carboxylic acids is 1. The topological polar surface area (TPSA) is 53.5 Å². The standard InChI is InChI=1S/C16H17N3O/c20-16(15-17-10-3-4-11-18-15)19-14-9-5-7-12-6-1-2-8-13(12)14/h1-2,5-9H,3-4,10-11H2,(H,17,18)(H,19,20). The van der Waals surface area contributed by atoms with Crippen molar-refractivity contribution in [3.63, 3.8) is 0 Å². The van der Waals surface area contributed by atoms with Crippen molar-refractivity contribution < 1.29 is 4.79 Å². The number of hydrogen-bond acceptors (Lipinski definition) is 3. The molecule has 0 unspecified atom stereocenters. The second-order valence-corrected chi connectivity index (χ2v) is 4.85. The van der Waals surface area contributed by atoms with Gasteiger partial charge in [-0.15, -0.1) is 0 Å². The molecule has 1 amide bonds. The fourth-order valence-corrected chi connectivity index (χ4v) is 2.36. The van der Waals surface area contributed by atoms with E-state index in [9.17, 15) is 4.79 Å². The third-order valence-corrected chi connectivity index (χ3v) is 3.40. The summed E-state index contributed by atoms with van der Waals surface area (Å²) in [4.78, 5) is 16.6. The van der Waals surface area contributed by atoms with Gasteiger partial charge in [0.2, 0.25) is 0 Å². The van der Waals surface area contributed by atoms with Crippen LogP contribution in [-0.2, 0) is 4.79 Å². The summed E-state index contributed by atoms with van der Waals surface area (Å²) in [5.41, 5.74) is 0.821. The van der Waals surface area contributed by atoms with Crippen molar-refractivity contribution in [1.29, 1.82) is 0 Å². The zero-order valence-electron chi connectivity index (χ0n) is 11.2. The van der Waals surface area contributed by atoms with Crippen molar-refractivity contribution in [1.82, 2.24) is 5.32 Å². The lowest BCUT2D eigenvalue weighted by Crippen LogP contribution is -2.35. The van der Waals surface area contributed by atoms with Gasteiger partial charge in [0, 0.05) is 24.2 Å². The largest absolute Gasteiger partial charge is 0.366 e. The SMILES string of the molecule is O=C(Nc1cccc2ccccc12)C1=NCCCCN1. The first-order valence-corrected chi connectivity index (χ1v) is 6.92. The first-order valence-electron chi connectivity index (χ1n) is 6.92. The molecule has 0 fully saturated rings. The van der Waals surface area contributed by atoms with Crippen LogP contribution in [0.5, 0.6) is 0 Å². The van der Waals surface area contributed by atoms with Crippen molar-refractivity contribution in [3.05, 3.63) is 42.5 Å². The molecule has 2 aromatic rings. The fraction of sp³-hybridized carbons (Fsp3) is 0.250. The Bertz CT molecular complexity index is 658. The number of nitrogens with zero attached hydrogens (tertiary/aromatic N) is 1. The second kappa shape index (κ2) is 5.74. The van der Waals surface area contributed by atoms with E-state index in [1.807, 2.05) is 42.5 Å². The number of aliphatic imine (C=N–C) groups is 1. The van der Waals surface area contributed by atoms with E-state index in [1.54, 1.807) is 0 Å². The molecule has 0 radical (unpaired) electrons. The molecule has 20 heavy (non-hydrogen) atoms. The predicted octanol–water partition coefficient (Wildman–Crippen LogP) is 2.56. The molecule has 0 saturated carbocycles. The van der Waals surface area contributed by atoms with Crippen molar-refractivity contribution in [2.75, 3.05) is 18.4 Å². The third-order valence-electron chi connectivity index (χ3n) is 3.40. The van der Waals surface area contributed by atoms with E-state index < -0.39 is 0 Å². The molecule has 1 aliphatic heterocycles. The van der Waals surface area contributed by atoms with Crippen LogP contribution in [0.15, 0.2) is 47.5 Å². The summed E-state index contributed by atoms with van der Waals surface area (Å²) in [6.45, 7) is 1.52. The number of fused-ring (bicyclic) bond motifs is 1. The van der Waals surface area contributed by atoms with Crippen molar-refractivity contribution in [2.24, 2.45) is 4.99 Å². The smallest absolute Gasteiger partial charge is 0.290 e. The first-order chi connectivity index (χ1) is 9.84. The number of anilines is 1. The van der Waals surface area contributed by atoms with E-state index in [4.69, 9.17) is 0 Å². The van der Waals surface area contributed by atoms with E-state index in [0.717, 1.165) is 35.8 Å². The molecule has 0 atom stereocenters. The van der Waals surface area contributed by atoms with Crippen LogP contribution in [0.25, 0.3) is 10.8 Å². The zero-order chi connectivity index (χ0) is 13.8. The quantitative estimate of drug-likeness (QED) is 0.878. The van der Waals surface area contributed by atoms with Crippen molar-refractivity contribution >= 4 is 28.2 Å². The second-order valence-electron chi connectivity index (χ2n) is 4.85. The van der Waals surface area contributed by atoms with Gasteiger partial charge in [0.25, 0.3) is 5.91 Å². The molecular weight excluding hydrogens is 250 g/mol. The van der Waals surface area contributed by atoms with Crippen LogP contribution in [0.3, 0.4) is 0 Å². The molecule has 3 rings (SSSR count). The highest BCUT2D eigenvalue weighted by Gasteiger charge is 2.13. The maximum Gasteiger partial charge on any atom is 0.290 e. The minimum Gasteiger partial charge on any atom is -0.366 e. The average molecular weight is 267 g/mol. The molecular formula is C16H17N3O. The Morgan fingerprint density at radius 1 is 1.10 bits per heavy atom. The molecule has 4 nitrogen and oxygen atoms in total. The van der Waals surface area contributed by atoms with E-state index >= 15 is 0 Å². The molecule has 2 aromatic carbocycles. The lowest BCUT2D eigenvalue weighted by atomic mass is 10.1. The Labute approximate surface area is 117 Å². The molecule has 4 heteroatoms. The Morgan fingerprint density at radius 2 is 1.95 bits per heavy atom. The van der Waals surface area contributed by atoms with Gasteiger partial charge in [0.05, 0.1) is 0 Å². The van der Waals surface area contributed by atoms with E-state index in [1.165, 1.54) is 0 Å². The molecule has 2 N–H and O–H groups in total. The summed E-state index contributed by atoms with van der Waals surface area (Å²) in [5, 5.41) is 8.19. The van der Waals surface area contributed by atoms with Gasteiger partial charge in [-0.1, -0.05) is 36.4 Å². The van der Waals surface area contributed by atoms with Gasteiger partial charge in [-0.05, 0) is 24.3 Å². The number of carbonyl (C=O) groups is 1. The van der Waals surface area contributed by atoms with Crippen LogP contribution >= 0.6 is 0 Å². The summed E-state index contributed by atoms with van der Waals surface area (Å²) in [5.74, 6) is 0.277. The minimum absolute atomic E-state index is 0.164. The zero-order valence-corrected chi connectivity index (χ0v) is 11.2. The third kappa shape index (κ3) is 2.64. The number of rotatable bonds is 2. The lowest BCUT2D eigenvalue weighted by molar-refractivity contribution is -0.110. The van der Waals surface area contributed by atoms with Crippen molar-refractivity contribution in [3.8, 4) is 0 Å². The Morgan fingerprint density at radius 3 is 2.90 bits per heavy atom. The number of amides is 1. The molecule has 0 bridgehead atoms. The van der Waals surface area contributed by atoms with Crippen LogP contribution in [0.4, 0.5) is 5.69 Å². The number of hydrogen-bond donors (Lipinski definition) is 2. The van der Waals surface area contributed by atoms with E-state index in [-0.39, 0.29) is 5.91 Å². The van der Waals surface area contributed by atoms with Crippen LogP contribution in [0.2, 0.25) is 0 Å². The molecule has 1 heterocycles. The van der Waals surface area contributed by atoms with Gasteiger partial charge in [0.1, 0.15) is 0 Å². The Kier molecular flexibility index (Phi) is 3.63. The molecule has 0 aromatic heterocycles. The summed E-state index contributed by atoms with van der Waals surface area (Å²) < 4.78 is 0. The van der Waals surface area contributed by atoms with Gasteiger partial charge < -0.3 is 10.6 Å². The van der Waals surface area contributed by atoms with Crippen molar-refractivity contribution in [2.45, 2.75) is 12.8 Å². The van der Waals surface area contributed by atoms with E-state index in [0.29, 0.717) is 12.4 Å². The molecule has 102 valence electrons. The van der Waals surface area contributed by atoms with Crippen LogP contribution in [0.1, 0.15) is 12.8 Å². The van der Waals surface area contributed by atoms with Gasteiger partial charge in [0.15, 0.2) is 5.84 Å². The Hall–Kier alpha value is -2.36. The van der Waals surface area contributed by atoms with Crippen LogP contribution < -0.4 is 10.6 Å². The fourth-order valence-electron chi connectivity index (χ4n) is 2.36. The summed E-state index contributed by atoms with van der Waals surface area (Å²) in [6, 6.07) is 13.9. The van der Waals surface area contributed by atoms with Gasteiger partial charge in [-0.3, -0.25) is 9.79 Å². The highest BCUT2D eigenvalue weighted by molar-refractivity contribution is 6.42. The highest BCUT2D eigenvalue weighted by Crippen LogP contribution is 2.22. The summed E-state index contributed by atoms with van der Waals surface area (Å²) >= 11 is 0. The number of benzene rings is 2. The van der Waals surface area contributed by atoms with Gasteiger partial charge in [-0.2, -0.15) is 0 Å². The van der Waals surface area contributed by atoms with Crippen LogP contribution in [0, 0.1) is 0 Å². The van der Waals surface area contributed by atoms with Crippen LogP contribution in [-0.4, -0.2) is 24.8 Å². The highest BCUT2D eigenvalue weighted by atomic mass is 16.2. The Balaban J connectivity index is 1.85. The molecule has 0 spiro atoms. The van der Waals surface area contributed by atoms with E-state index in [2.05, 4.69) is 15.6 Å². The minimum atomic E-state index is -0.164. The maximum absolute atomic E-state index is 12.3. The predicted molar refractivity (Wildman–Crippen MR) is 82.1 cm³/mol. The molecule has 0 saturated heterocycles. The molecule has 0 aliphatic carbocycles. The normalized spacial score (nSPS) is 15.1. The monoisotopic (exact) mass is 267 g/mol. The lowest BCUT2D eigenvalue weighted by Gasteiger charge is -2.10. The average Bonchev–Trinajstić information content (AvgIpc) is 2.77. The summed E-state index contributed by atoms with van der Waals surface area (Å²) in [7, 11) is 0. The van der Waals surface area contributed by atoms with Gasteiger partial charge in [-0.25, -0.2) is 0 Å². The maximum atomic E-state index is 12.3. The van der Waals surface area contributed by atoms with Gasteiger partial charge >= 0.3 is 0 Å². The first kappa shape index (κ1) is 12.7. The summed E-state index contributed by atoms with van der Waals surface area (Å²) in [6.07, 6.45) is 2.08. The number of amidine groups is 1.